The topological polar surface area (TPSA) is 47.2 Å². The van der Waals surface area contributed by atoms with Gasteiger partial charge < -0.3 is 0 Å². The van der Waals surface area contributed by atoms with Crippen LogP contribution < -0.4 is 5.56 Å². The SMILES string of the molecule is O=c1c2ccccc2nc(-c2ccc(Br)cc2)n1/N=C/c1ccccc1Br. The Morgan fingerprint density at radius 3 is 2.37 bits per heavy atom. The standard InChI is InChI=1S/C21H13Br2N3O/c22-16-11-9-14(10-12-16)20-25-19-8-4-2-6-17(19)21(27)26(20)24-13-15-5-1-3-7-18(15)23/h1-13H/b24-13+. The van der Waals surface area contributed by atoms with E-state index in [9.17, 15) is 4.79 Å². The van der Waals surface area contributed by atoms with E-state index in [2.05, 4.69) is 37.0 Å². The van der Waals surface area contributed by atoms with Gasteiger partial charge in [0.05, 0.1) is 17.1 Å². The van der Waals surface area contributed by atoms with Gasteiger partial charge in [0, 0.05) is 20.1 Å². The third-order valence-electron chi connectivity index (χ3n) is 4.07. The Hall–Kier alpha value is -2.57. The van der Waals surface area contributed by atoms with Crippen molar-refractivity contribution in [2.24, 2.45) is 5.10 Å². The summed E-state index contributed by atoms with van der Waals surface area (Å²) in [5.41, 5.74) is 2.12. The van der Waals surface area contributed by atoms with Crippen LogP contribution >= 0.6 is 31.9 Å². The van der Waals surface area contributed by atoms with Crippen molar-refractivity contribution < 1.29 is 0 Å². The van der Waals surface area contributed by atoms with Crippen LogP contribution in [0.15, 0.2) is 91.6 Å². The van der Waals surface area contributed by atoms with Crippen LogP contribution in [0, 0.1) is 0 Å². The first kappa shape index (κ1) is 17.8. The van der Waals surface area contributed by atoms with E-state index in [0.717, 1.165) is 20.1 Å². The molecule has 0 radical (unpaired) electrons. The van der Waals surface area contributed by atoms with Crippen LogP contribution in [0.1, 0.15) is 5.56 Å². The summed E-state index contributed by atoms with van der Waals surface area (Å²) in [7, 11) is 0. The fraction of sp³-hybridized carbons (Fsp3) is 0. The first-order valence-corrected chi connectivity index (χ1v) is 9.79. The molecule has 4 rings (SSSR count). The summed E-state index contributed by atoms with van der Waals surface area (Å²) in [6.45, 7) is 0. The lowest BCUT2D eigenvalue weighted by molar-refractivity contribution is 0.829. The highest BCUT2D eigenvalue weighted by atomic mass is 79.9. The van der Waals surface area contributed by atoms with Gasteiger partial charge >= 0.3 is 0 Å². The molecule has 0 N–H and O–H groups in total. The van der Waals surface area contributed by atoms with Crippen molar-refractivity contribution in [3.63, 3.8) is 0 Å². The third-order valence-corrected chi connectivity index (χ3v) is 5.32. The van der Waals surface area contributed by atoms with E-state index in [1.165, 1.54) is 4.68 Å². The zero-order chi connectivity index (χ0) is 18.8. The average molecular weight is 483 g/mol. The van der Waals surface area contributed by atoms with Gasteiger partial charge in [0.15, 0.2) is 5.82 Å². The van der Waals surface area contributed by atoms with Crippen molar-refractivity contribution in [2.45, 2.75) is 0 Å². The smallest absolute Gasteiger partial charge is 0.267 e. The molecule has 1 heterocycles. The van der Waals surface area contributed by atoms with Crippen molar-refractivity contribution in [1.29, 1.82) is 0 Å². The van der Waals surface area contributed by atoms with E-state index >= 15 is 0 Å². The van der Waals surface area contributed by atoms with Gasteiger partial charge in [-0.2, -0.15) is 9.78 Å². The fourth-order valence-electron chi connectivity index (χ4n) is 2.72. The molecule has 0 spiro atoms. The predicted molar refractivity (Wildman–Crippen MR) is 116 cm³/mol. The minimum Gasteiger partial charge on any atom is -0.267 e. The zero-order valence-electron chi connectivity index (χ0n) is 14.0. The molecule has 132 valence electrons. The Labute approximate surface area is 172 Å². The molecule has 27 heavy (non-hydrogen) atoms. The zero-order valence-corrected chi connectivity index (χ0v) is 17.2. The van der Waals surface area contributed by atoms with Crippen LogP contribution in [0.5, 0.6) is 0 Å². The number of para-hydroxylation sites is 1. The lowest BCUT2D eigenvalue weighted by Crippen LogP contribution is -2.20. The number of hydrogen-bond acceptors (Lipinski definition) is 3. The van der Waals surface area contributed by atoms with Gasteiger partial charge in [-0.15, -0.1) is 0 Å². The molecule has 3 aromatic carbocycles. The van der Waals surface area contributed by atoms with Gasteiger partial charge in [0.25, 0.3) is 5.56 Å². The number of nitrogens with zero attached hydrogens (tertiary/aromatic N) is 3. The molecule has 0 fully saturated rings. The van der Waals surface area contributed by atoms with Gasteiger partial charge in [-0.3, -0.25) is 4.79 Å². The Morgan fingerprint density at radius 1 is 0.889 bits per heavy atom. The van der Waals surface area contributed by atoms with Gasteiger partial charge in [0.2, 0.25) is 0 Å². The molecule has 0 unspecified atom stereocenters. The second kappa shape index (κ2) is 7.58. The summed E-state index contributed by atoms with van der Waals surface area (Å²) in [5.74, 6) is 0.495. The van der Waals surface area contributed by atoms with Gasteiger partial charge in [0.1, 0.15) is 0 Å². The molecule has 0 atom stereocenters. The Morgan fingerprint density at radius 2 is 1.59 bits per heavy atom. The maximum atomic E-state index is 13.1. The quantitative estimate of drug-likeness (QED) is 0.363. The van der Waals surface area contributed by atoms with Gasteiger partial charge in [-0.25, -0.2) is 4.98 Å². The predicted octanol–water partition coefficient (Wildman–Crippen LogP) is 5.47. The molecule has 0 bridgehead atoms. The molecule has 0 saturated heterocycles. The number of fused-ring (bicyclic) bond motifs is 1. The molecule has 0 amide bonds. The van der Waals surface area contributed by atoms with E-state index in [4.69, 9.17) is 4.98 Å². The second-order valence-corrected chi connectivity index (χ2v) is 7.61. The Bertz CT molecular complexity index is 1210. The highest BCUT2D eigenvalue weighted by molar-refractivity contribution is 9.10. The highest BCUT2D eigenvalue weighted by Gasteiger charge is 2.12. The molecule has 0 aliphatic carbocycles. The van der Waals surface area contributed by atoms with E-state index in [1.54, 1.807) is 12.3 Å². The van der Waals surface area contributed by atoms with Crippen LogP contribution in [-0.2, 0) is 0 Å². The lowest BCUT2D eigenvalue weighted by Gasteiger charge is -2.09. The first-order chi connectivity index (χ1) is 13.1. The Kier molecular flexibility index (Phi) is 5.01. The number of hydrogen-bond donors (Lipinski definition) is 0. The molecule has 4 aromatic rings. The second-order valence-electron chi connectivity index (χ2n) is 5.84. The summed E-state index contributed by atoms with van der Waals surface area (Å²) in [4.78, 5) is 17.8. The minimum absolute atomic E-state index is 0.207. The molecule has 0 aliphatic rings. The monoisotopic (exact) mass is 481 g/mol. The van der Waals surface area contributed by atoms with Crippen molar-refractivity contribution in [1.82, 2.24) is 9.66 Å². The number of aromatic nitrogens is 2. The van der Waals surface area contributed by atoms with E-state index in [-0.39, 0.29) is 5.56 Å². The minimum atomic E-state index is -0.207. The summed E-state index contributed by atoms with van der Waals surface area (Å²) in [6.07, 6.45) is 1.66. The summed E-state index contributed by atoms with van der Waals surface area (Å²) < 4.78 is 3.21. The van der Waals surface area contributed by atoms with E-state index in [0.29, 0.717) is 16.7 Å². The largest absolute Gasteiger partial charge is 0.282 e. The first-order valence-electron chi connectivity index (χ1n) is 8.20. The summed E-state index contributed by atoms with van der Waals surface area (Å²) in [5, 5.41) is 4.99. The van der Waals surface area contributed by atoms with Crippen LogP contribution in [0.3, 0.4) is 0 Å². The number of benzene rings is 3. The van der Waals surface area contributed by atoms with Crippen molar-refractivity contribution in [3.8, 4) is 11.4 Å². The molecular formula is C21H13Br2N3O. The number of halogens is 2. The van der Waals surface area contributed by atoms with Gasteiger partial charge in [-0.1, -0.05) is 74.3 Å². The normalized spacial score (nSPS) is 11.3. The van der Waals surface area contributed by atoms with Crippen LogP contribution in [0.4, 0.5) is 0 Å². The van der Waals surface area contributed by atoms with Crippen LogP contribution in [0.25, 0.3) is 22.3 Å². The molecule has 4 nitrogen and oxygen atoms in total. The van der Waals surface area contributed by atoms with E-state index in [1.807, 2.05) is 66.7 Å². The van der Waals surface area contributed by atoms with Crippen LogP contribution in [0.2, 0.25) is 0 Å². The highest BCUT2D eigenvalue weighted by Crippen LogP contribution is 2.21. The maximum Gasteiger partial charge on any atom is 0.282 e. The Balaban J connectivity index is 1.95. The maximum absolute atomic E-state index is 13.1. The lowest BCUT2D eigenvalue weighted by atomic mass is 10.2. The van der Waals surface area contributed by atoms with Gasteiger partial charge in [-0.05, 0) is 30.3 Å². The molecular weight excluding hydrogens is 470 g/mol. The average Bonchev–Trinajstić information content (AvgIpc) is 2.69. The van der Waals surface area contributed by atoms with Crippen molar-refractivity contribution >= 4 is 49.0 Å². The number of rotatable bonds is 3. The summed E-state index contributed by atoms with van der Waals surface area (Å²) >= 11 is 6.94. The molecule has 0 aliphatic heterocycles. The van der Waals surface area contributed by atoms with Crippen LogP contribution in [-0.4, -0.2) is 15.9 Å². The van der Waals surface area contributed by atoms with Crippen molar-refractivity contribution in [2.75, 3.05) is 0 Å². The fourth-order valence-corrected chi connectivity index (χ4v) is 3.37. The molecule has 0 saturated carbocycles. The van der Waals surface area contributed by atoms with E-state index < -0.39 is 0 Å². The summed E-state index contributed by atoms with van der Waals surface area (Å²) in [6, 6.07) is 22.6. The molecule has 1 aromatic heterocycles. The third kappa shape index (κ3) is 3.63. The van der Waals surface area contributed by atoms with Crippen molar-refractivity contribution in [3.05, 3.63) is 97.7 Å². The molecule has 6 heteroatoms.